The van der Waals surface area contributed by atoms with Gasteiger partial charge in [-0.1, -0.05) is 36.4 Å². The summed E-state index contributed by atoms with van der Waals surface area (Å²) < 4.78 is 5.38. The monoisotopic (exact) mass is 450 g/mol. The van der Waals surface area contributed by atoms with Crippen LogP contribution in [0.2, 0.25) is 0 Å². The van der Waals surface area contributed by atoms with Crippen molar-refractivity contribution in [2.24, 2.45) is 0 Å². The first kappa shape index (κ1) is 23.3. The number of thioether (sulfide) groups is 1. The van der Waals surface area contributed by atoms with Gasteiger partial charge >= 0.3 is 0 Å². The lowest BCUT2D eigenvalue weighted by Crippen LogP contribution is -2.29. The molecule has 1 aliphatic heterocycles. The van der Waals surface area contributed by atoms with Crippen molar-refractivity contribution in [2.45, 2.75) is 26.7 Å². The number of carbonyl (C=O) groups is 3. The van der Waals surface area contributed by atoms with Crippen molar-refractivity contribution in [1.82, 2.24) is 4.90 Å². The Balaban J connectivity index is 1.50. The van der Waals surface area contributed by atoms with Gasteiger partial charge in [-0.25, -0.2) is 0 Å². The molecule has 1 N–H and O–H groups in total. The first-order valence-corrected chi connectivity index (χ1v) is 11.3. The number of ether oxygens (including phenoxy) is 1. The molecule has 0 unspecified atom stereocenters. The lowest BCUT2D eigenvalue weighted by atomic mass is 10.1. The maximum atomic E-state index is 12.6. The molecule has 1 heterocycles. The van der Waals surface area contributed by atoms with Gasteiger partial charge in [0.25, 0.3) is 11.1 Å². The molecular formula is C25H26N2O4S. The minimum absolute atomic E-state index is 0.168. The van der Waals surface area contributed by atoms with E-state index in [-0.39, 0.29) is 30.0 Å². The first-order chi connectivity index (χ1) is 15.5. The van der Waals surface area contributed by atoms with E-state index < -0.39 is 0 Å². The van der Waals surface area contributed by atoms with E-state index >= 15 is 0 Å². The standard InChI is InChI=1S/C25H26N2O4S/c1-3-31-21-13-11-20(12-14-21)26-23(28)10-7-15-27-24(29)22(32-25(27)30)17-18(2)16-19-8-5-4-6-9-19/h4-6,8-9,11-14,16-17H,3,7,10,15H2,1-2H3,(H,26,28). The fraction of sp³-hybridized carbons (Fsp3) is 0.240. The molecule has 6 nitrogen and oxygen atoms in total. The minimum Gasteiger partial charge on any atom is -0.494 e. The van der Waals surface area contributed by atoms with E-state index in [2.05, 4.69) is 5.32 Å². The molecule has 1 saturated heterocycles. The summed E-state index contributed by atoms with van der Waals surface area (Å²) in [6.07, 6.45) is 4.30. The predicted molar refractivity (Wildman–Crippen MR) is 128 cm³/mol. The molecule has 0 atom stereocenters. The highest BCUT2D eigenvalue weighted by Gasteiger charge is 2.34. The van der Waals surface area contributed by atoms with E-state index in [1.54, 1.807) is 30.3 Å². The molecule has 2 aromatic rings. The van der Waals surface area contributed by atoms with Crippen molar-refractivity contribution in [3.05, 3.63) is 76.7 Å². The number of amides is 3. The zero-order chi connectivity index (χ0) is 22.9. The van der Waals surface area contributed by atoms with Crippen LogP contribution in [0.4, 0.5) is 10.5 Å². The Morgan fingerprint density at radius 1 is 1.09 bits per heavy atom. The molecule has 3 amide bonds. The molecule has 0 bridgehead atoms. The predicted octanol–water partition coefficient (Wildman–Crippen LogP) is 5.49. The first-order valence-electron chi connectivity index (χ1n) is 10.5. The summed E-state index contributed by atoms with van der Waals surface area (Å²) >= 11 is 0.933. The number of nitrogens with one attached hydrogen (secondary N) is 1. The Bertz CT molecular complexity index is 1030. The number of nitrogens with zero attached hydrogens (tertiary/aromatic N) is 1. The van der Waals surface area contributed by atoms with Crippen LogP contribution in [0.3, 0.4) is 0 Å². The van der Waals surface area contributed by atoms with Gasteiger partial charge in [0.2, 0.25) is 5.91 Å². The van der Waals surface area contributed by atoms with Gasteiger partial charge in [-0.3, -0.25) is 19.3 Å². The van der Waals surface area contributed by atoms with Crippen LogP contribution in [-0.4, -0.2) is 35.1 Å². The van der Waals surface area contributed by atoms with Crippen LogP contribution < -0.4 is 10.1 Å². The maximum Gasteiger partial charge on any atom is 0.293 e. The fourth-order valence-electron chi connectivity index (χ4n) is 3.18. The quantitative estimate of drug-likeness (QED) is 0.512. The summed E-state index contributed by atoms with van der Waals surface area (Å²) in [5.74, 6) is 0.262. The second-order valence-electron chi connectivity index (χ2n) is 7.24. The highest BCUT2D eigenvalue weighted by Crippen LogP contribution is 2.32. The van der Waals surface area contributed by atoms with Crippen molar-refractivity contribution in [1.29, 1.82) is 0 Å². The van der Waals surface area contributed by atoms with Crippen LogP contribution in [0.1, 0.15) is 32.3 Å². The third-order valence-corrected chi connectivity index (χ3v) is 5.57. The summed E-state index contributed by atoms with van der Waals surface area (Å²) in [4.78, 5) is 38.7. The van der Waals surface area contributed by atoms with Gasteiger partial charge < -0.3 is 10.1 Å². The molecule has 32 heavy (non-hydrogen) atoms. The minimum atomic E-state index is -0.312. The number of rotatable bonds is 9. The van der Waals surface area contributed by atoms with Crippen molar-refractivity contribution >= 4 is 40.6 Å². The Morgan fingerprint density at radius 2 is 1.81 bits per heavy atom. The SMILES string of the molecule is CCOc1ccc(NC(=O)CCCN2C(=O)SC(=CC(C)=Cc3ccccc3)C2=O)cc1. The van der Waals surface area contributed by atoms with E-state index in [4.69, 9.17) is 4.74 Å². The lowest BCUT2D eigenvalue weighted by Gasteiger charge is -2.12. The number of allylic oxidation sites excluding steroid dienone is 2. The van der Waals surface area contributed by atoms with E-state index in [1.165, 1.54) is 4.90 Å². The maximum absolute atomic E-state index is 12.6. The molecule has 1 fully saturated rings. The molecule has 0 aromatic heterocycles. The van der Waals surface area contributed by atoms with Crippen molar-refractivity contribution in [3.63, 3.8) is 0 Å². The molecule has 0 saturated carbocycles. The largest absolute Gasteiger partial charge is 0.494 e. The summed E-state index contributed by atoms with van der Waals surface area (Å²) in [6.45, 7) is 4.59. The molecular weight excluding hydrogens is 424 g/mol. The van der Waals surface area contributed by atoms with Crippen molar-refractivity contribution in [3.8, 4) is 5.75 Å². The zero-order valence-corrected chi connectivity index (χ0v) is 19.0. The molecule has 7 heteroatoms. The summed E-state index contributed by atoms with van der Waals surface area (Å²) in [7, 11) is 0. The normalized spacial score (nSPS) is 15.4. The molecule has 1 aliphatic rings. The van der Waals surface area contributed by atoms with Gasteiger partial charge in [0.15, 0.2) is 0 Å². The third kappa shape index (κ3) is 6.59. The van der Waals surface area contributed by atoms with Crippen LogP contribution in [0.15, 0.2) is 71.2 Å². The third-order valence-electron chi connectivity index (χ3n) is 4.66. The lowest BCUT2D eigenvalue weighted by molar-refractivity contribution is -0.123. The number of hydrogen-bond acceptors (Lipinski definition) is 5. The van der Waals surface area contributed by atoms with E-state index in [1.807, 2.05) is 50.3 Å². The molecule has 2 aromatic carbocycles. The van der Waals surface area contributed by atoms with Gasteiger partial charge in [-0.05, 0) is 73.5 Å². The highest BCUT2D eigenvalue weighted by atomic mass is 32.2. The second kappa shape index (κ2) is 11.3. The highest BCUT2D eigenvalue weighted by molar-refractivity contribution is 8.18. The van der Waals surface area contributed by atoms with Crippen LogP contribution in [0.25, 0.3) is 6.08 Å². The summed E-state index contributed by atoms with van der Waals surface area (Å²) in [6, 6.07) is 16.9. The van der Waals surface area contributed by atoms with Crippen LogP contribution in [-0.2, 0) is 9.59 Å². The number of benzene rings is 2. The number of carbonyl (C=O) groups excluding carboxylic acids is 3. The molecule has 0 aliphatic carbocycles. The van der Waals surface area contributed by atoms with Gasteiger partial charge in [0, 0.05) is 18.7 Å². The molecule has 0 spiro atoms. The van der Waals surface area contributed by atoms with Gasteiger partial charge in [0.05, 0.1) is 11.5 Å². The number of anilines is 1. The van der Waals surface area contributed by atoms with Gasteiger partial charge in [-0.15, -0.1) is 0 Å². The Hall–Kier alpha value is -3.32. The number of hydrogen-bond donors (Lipinski definition) is 1. The van der Waals surface area contributed by atoms with Crippen LogP contribution in [0.5, 0.6) is 5.75 Å². The molecule has 166 valence electrons. The average Bonchev–Trinajstić information content (AvgIpc) is 3.03. The molecule has 3 rings (SSSR count). The topological polar surface area (TPSA) is 75.7 Å². The number of imide groups is 1. The van der Waals surface area contributed by atoms with Crippen LogP contribution in [0, 0.1) is 0 Å². The van der Waals surface area contributed by atoms with E-state index in [0.717, 1.165) is 28.6 Å². The van der Waals surface area contributed by atoms with Gasteiger partial charge in [-0.2, -0.15) is 0 Å². The van der Waals surface area contributed by atoms with Gasteiger partial charge in [0.1, 0.15) is 5.75 Å². The Kier molecular flexibility index (Phi) is 8.27. The van der Waals surface area contributed by atoms with E-state index in [0.29, 0.717) is 23.6 Å². The average molecular weight is 451 g/mol. The van der Waals surface area contributed by atoms with Crippen molar-refractivity contribution < 1.29 is 19.1 Å². The smallest absolute Gasteiger partial charge is 0.293 e. The Labute approximate surface area is 192 Å². The second-order valence-corrected chi connectivity index (χ2v) is 8.23. The summed E-state index contributed by atoms with van der Waals surface area (Å²) in [5, 5.41) is 2.51. The van der Waals surface area contributed by atoms with Crippen molar-refractivity contribution in [2.75, 3.05) is 18.5 Å². The fourth-order valence-corrected chi connectivity index (χ4v) is 4.09. The zero-order valence-electron chi connectivity index (χ0n) is 18.2. The van der Waals surface area contributed by atoms with Crippen LogP contribution >= 0.6 is 11.8 Å². The summed E-state index contributed by atoms with van der Waals surface area (Å²) in [5.41, 5.74) is 2.59. The van der Waals surface area contributed by atoms with E-state index in [9.17, 15) is 14.4 Å². The molecule has 0 radical (unpaired) electrons. The Morgan fingerprint density at radius 3 is 2.50 bits per heavy atom.